The van der Waals surface area contributed by atoms with Crippen molar-refractivity contribution in [1.82, 2.24) is 5.32 Å². The molecule has 0 radical (unpaired) electrons. The van der Waals surface area contributed by atoms with Gasteiger partial charge in [0.15, 0.2) is 0 Å². The zero-order chi connectivity index (χ0) is 18.2. The van der Waals surface area contributed by atoms with Crippen LogP contribution in [0.3, 0.4) is 0 Å². The molecule has 0 fully saturated rings. The molecule has 6 nitrogen and oxygen atoms in total. The van der Waals surface area contributed by atoms with Crippen molar-refractivity contribution >= 4 is 33.2 Å². The fourth-order valence-electron chi connectivity index (χ4n) is 2.30. The summed E-state index contributed by atoms with van der Waals surface area (Å²) in [5, 5.41) is 3.28. The maximum atomic E-state index is 12.5. The normalized spacial score (nSPS) is 12.7. The minimum Gasteiger partial charge on any atom is -0.382 e. The average Bonchev–Trinajstić information content (AvgIpc) is 2.52. The Kier molecular flexibility index (Phi) is 8.52. The van der Waals surface area contributed by atoms with E-state index < -0.39 is 16.1 Å². The first kappa shape index (κ1) is 20.7. The quantitative estimate of drug-likeness (QED) is 0.636. The first-order valence-corrected chi connectivity index (χ1v) is 10.1. The van der Waals surface area contributed by atoms with E-state index in [1.807, 2.05) is 6.92 Å². The zero-order valence-electron chi connectivity index (χ0n) is 14.3. The maximum Gasteiger partial charge on any atom is 0.243 e. The summed E-state index contributed by atoms with van der Waals surface area (Å²) in [6.07, 6.45) is 2.12. The summed E-state index contributed by atoms with van der Waals surface area (Å²) in [7, 11) is -3.62. The van der Waals surface area contributed by atoms with Gasteiger partial charge in [0.1, 0.15) is 6.04 Å². The van der Waals surface area contributed by atoms with E-state index >= 15 is 0 Å². The molecule has 1 amide bonds. The Labute approximate surface area is 149 Å². The highest BCUT2D eigenvalue weighted by Gasteiger charge is 2.31. The van der Waals surface area contributed by atoms with Crippen LogP contribution in [-0.2, 0) is 19.6 Å². The standard InChI is InChI=1S/C16H25ClN2O4S/c1-4-15(16(20)18-11-6-12-23-5-2)19(24(3,21)22)14-9-7-13(17)8-10-14/h7-10,15H,4-6,11-12H2,1-3H3,(H,18,20). The molecule has 1 aromatic rings. The van der Waals surface area contributed by atoms with Gasteiger partial charge in [-0.15, -0.1) is 0 Å². The number of benzene rings is 1. The van der Waals surface area contributed by atoms with Crippen LogP contribution >= 0.6 is 11.6 Å². The second kappa shape index (κ2) is 9.86. The van der Waals surface area contributed by atoms with Crippen molar-refractivity contribution in [2.45, 2.75) is 32.7 Å². The molecule has 0 spiro atoms. The van der Waals surface area contributed by atoms with Gasteiger partial charge in [-0.1, -0.05) is 18.5 Å². The van der Waals surface area contributed by atoms with Gasteiger partial charge >= 0.3 is 0 Å². The fraction of sp³-hybridized carbons (Fsp3) is 0.562. The second-order valence-electron chi connectivity index (χ2n) is 5.30. The van der Waals surface area contributed by atoms with Crippen LogP contribution in [0.15, 0.2) is 24.3 Å². The Bertz CT molecular complexity index is 619. The Morgan fingerprint density at radius 1 is 1.29 bits per heavy atom. The third-order valence-electron chi connectivity index (χ3n) is 3.38. The van der Waals surface area contributed by atoms with Crippen LogP contribution in [0.2, 0.25) is 5.02 Å². The molecule has 1 atom stereocenters. The number of hydrogen-bond acceptors (Lipinski definition) is 4. The molecule has 0 heterocycles. The lowest BCUT2D eigenvalue weighted by atomic mass is 10.2. The Balaban J connectivity index is 2.90. The largest absolute Gasteiger partial charge is 0.382 e. The van der Waals surface area contributed by atoms with E-state index in [0.717, 1.165) is 10.6 Å². The highest BCUT2D eigenvalue weighted by Crippen LogP contribution is 2.24. The number of nitrogens with one attached hydrogen (secondary N) is 1. The third kappa shape index (κ3) is 6.30. The smallest absolute Gasteiger partial charge is 0.243 e. The number of sulfonamides is 1. The summed E-state index contributed by atoms with van der Waals surface area (Å²) >= 11 is 5.86. The lowest BCUT2D eigenvalue weighted by molar-refractivity contribution is -0.122. The number of carbonyl (C=O) groups excluding carboxylic acids is 1. The summed E-state index contributed by atoms with van der Waals surface area (Å²) < 4.78 is 30.8. The molecule has 136 valence electrons. The number of carbonyl (C=O) groups is 1. The van der Waals surface area contributed by atoms with E-state index in [0.29, 0.717) is 43.3 Å². The van der Waals surface area contributed by atoms with E-state index in [2.05, 4.69) is 5.32 Å². The minimum atomic E-state index is -3.62. The van der Waals surface area contributed by atoms with Crippen molar-refractivity contribution in [3.05, 3.63) is 29.3 Å². The van der Waals surface area contributed by atoms with Crippen molar-refractivity contribution in [1.29, 1.82) is 0 Å². The molecule has 1 rings (SSSR count). The van der Waals surface area contributed by atoms with Crippen LogP contribution in [0.5, 0.6) is 0 Å². The predicted octanol–water partition coefficient (Wildman–Crippen LogP) is 2.43. The number of nitrogens with zero attached hydrogens (tertiary/aromatic N) is 1. The molecule has 0 aromatic heterocycles. The van der Waals surface area contributed by atoms with E-state index in [4.69, 9.17) is 16.3 Å². The molecule has 0 aliphatic rings. The van der Waals surface area contributed by atoms with Gasteiger partial charge in [0, 0.05) is 24.8 Å². The van der Waals surface area contributed by atoms with E-state index in [1.165, 1.54) is 0 Å². The average molecular weight is 377 g/mol. The molecular formula is C16H25ClN2O4S. The molecular weight excluding hydrogens is 352 g/mol. The minimum absolute atomic E-state index is 0.325. The number of amides is 1. The number of anilines is 1. The van der Waals surface area contributed by atoms with Crippen LogP contribution in [0, 0.1) is 0 Å². The molecule has 0 saturated heterocycles. The molecule has 0 saturated carbocycles. The number of halogens is 1. The third-order valence-corrected chi connectivity index (χ3v) is 4.81. The van der Waals surface area contributed by atoms with Crippen LogP contribution in [0.25, 0.3) is 0 Å². The van der Waals surface area contributed by atoms with Gasteiger partial charge in [0.2, 0.25) is 15.9 Å². The highest BCUT2D eigenvalue weighted by molar-refractivity contribution is 7.92. The van der Waals surface area contributed by atoms with Gasteiger partial charge in [-0.2, -0.15) is 0 Å². The Morgan fingerprint density at radius 3 is 2.42 bits per heavy atom. The molecule has 8 heteroatoms. The SMILES string of the molecule is CCOCCCNC(=O)C(CC)N(c1ccc(Cl)cc1)S(C)(=O)=O. The van der Waals surface area contributed by atoms with Gasteiger partial charge in [-0.3, -0.25) is 9.10 Å². The summed E-state index contributed by atoms with van der Waals surface area (Å²) in [6.45, 7) is 5.30. The predicted molar refractivity (Wildman–Crippen MR) is 97.0 cm³/mol. The molecule has 0 aliphatic heterocycles. The van der Waals surface area contributed by atoms with Crippen LogP contribution in [0.1, 0.15) is 26.7 Å². The number of ether oxygens (including phenoxy) is 1. The number of rotatable bonds is 10. The lowest BCUT2D eigenvalue weighted by Gasteiger charge is -2.30. The summed E-state index contributed by atoms with van der Waals surface area (Å²) in [5.41, 5.74) is 0.415. The summed E-state index contributed by atoms with van der Waals surface area (Å²) in [5.74, 6) is -0.325. The summed E-state index contributed by atoms with van der Waals surface area (Å²) in [4.78, 5) is 12.5. The van der Waals surface area contributed by atoms with Gasteiger partial charge in [0.05, 0.1) is 11.9 Å². The van der Waals surface area contributed by atoms with Gasteiger partial charge in [0.25, 0.3) is 0 Å². The lowest BCUT2D eigenvalue weighted by Crippen LogP contribution is -2.49. The number of hydrogen-bond donors (Lipinski definition) is 1. The van der Waals surface area contributed by atoms with Crippen molar-refractivity contribution in [3.8, 4) is 0 Å². The molecule has 24 heavy (non-hydrogen) atoms. The van der Waals surface area contributed by atoms with Gasteiger partial charge in [-0.25, -0.2) is 8.42 Å². The molecule has 1 unspecified atom stereocenters. The van der Waals surface area contributed by atoms with Crippen molar-refractivity contribution < 1.29 is 17.9 Å². The van der Waals surface area contributed by atoms with Gasteiger partial charge < -0.3 is 10.1 Å². The van der Waals surface area contributed by atoms with Crippen LogP contribution < -0.4 is 9.62 Å². The first-order chi connectivity index (χ1) is 11.3. The van der Waals surface area contributed by atoms with Crippen molar-refractivity contribution in [2.75, 3.05) is 30.3 Å². The maximum absolute atomic E-state index is 12.5. The first-order valence-electron chi connectivity index (χ1n) is 7.91. The van der Waals surface area contributed by atoms with Crippen molar-refractivity contribution in [2.24, 2.45) is 0 Å². The Hall–Kier alpha value is -1.31. The van der Waals surface area contributed by atoms with E-state index in [-0.39, 0.29) is 5.91 Å². The topological polar surface area (TPSA) is 75.7 Å². The zero-order valence-corrected chi connectivity index (χ0v) is 15.9. The van der Waals surface area contributed by atoms with Gasteiger partial charge in [-0.05, 0) is 44.0 Å². The van der Waals surface area contributed by atoms with Crippen molar-refractivity contribution in [3.63, 3.8) is 0 Å². The second-order valence-corrected chi connectivity index (χ2v) is 7.60. The van der Waals surface area contributed by atoms with Crippen LogP contribution in [0.4, 0.5) is 5.69 Å². The molecule has 1 aromatic carbocycles. The summed E-state index contributed by atoms with van der Waals surface area (Å²) in [6, 6.07) is 5.57. The van der Waals surface area contributed by atoms with Crippen LogP contribution in [-0.4, -0.2) is 46.4 Å². The monoisotopic (exact) mass is 376 g/mol. The molecule has 0 bridgehead atoms. The molecule has 0 aliphatic carbocycles. The molecule has 1 N–H and O–H groups in total. The van der Waals surface area contributed by atoms with E-state index in [9.17, 15) is 13.2 Å². The fourth-order valence-corrected chi connectivity index (χ4v) is 3.63. The Morgan fingerprint density at radius 2 is 1.92 bits per heavy atom. The van der Waals surface area contributed by atoms with E-state index in [1.54, 1.807) is 31.2 Å². The highest BCUT2D eigenvalue weighted by atomic mass is 35.5.